The van der Waals surface area contributed by atoms with E-state index in [0.29, 0.717) is 35.6 Å². The maximum absolute atomic E-state index is 13.4. The largest absolute Gasteiger partial charge is 0.462 e. The summed E-state index contributed by atoms with van der Waals surface area (Å²) in [7, 11) is 1.58. The normalized spacial score (nSPS) is 12.5. The number of thiazole rings is 1. The predicted molar refractivity (Wildman–Crippen MR) is 124 cm³/mol. The minimum absolute atomic E-state index is 0.111. The zero-order valence-electron chi connectivity index (χ0n) is 18.5. The van der Waals surface area contributed by atoms with E-state index in [-0.39, 0.29) is 15.8 Å². The highest BCUT2D eigenvalue weighted by Crippen LogP contribution is 2.13. The highest BCUT2D eigenvalue weighted by atomic mass is 32.1. The Morgan fingerprint density at radius 1 is 1.28 bits per heavy atom. The number of amides is 1. The topological polar surface area (TPSA) is 97.3 Å². The highest BCUT2D eigenvalue weighted by molar-refractivity contribution is 7.07. The number of nitrogens with zero attached hydrogens (tertiary/aromatic N) is 2. The number of aromatic nitrogens is 1. The molecule has 0 spiro atoms. The number of nitrogens with one attached hydrogen (secondary N) is 1. The third-order valence-electron chi connectivity index (χ3n) is 4.81. The molecule has 2 heterocycles. The molecule has 0 aliphatic rings. The van der Waals surface area contributed by atoms with Crippen molar-refractivity contribution in [2.24, 2.45) is 0 Å². The first-order valence-electron chi connectivity index (χ1n) is 10.1. The molecule has 0 saturated heterocycles. The standard InChI is InChI=1S/C24H25N3O4S/c1-15-6-9-20(16(2)12-15)27-23(29)21(13-18-8-7-17(3)31-18)32-24(27)19(14-25)22(28)26-10-5-11-30-4/h6-9,12-13H,5,10-11H2,1-4H3,(H,26,28). The maximum Gasteiger partial charge on any atom is 0.273 e. The smallest absolute Gasteiger partial charge is 0.273 e. The van der Waals surface area contributed by atoms with Gasteiger partial charge in [-0.2, -0.15) is 5.26 Å². The average Bonchev–Trinajstić information content (AvgIpc) is 3.30. The number of carbonyl (C=O) groups is 1. The third-order valence-corrected chi connectivity index (χ3v) is 5.91. The number of aryl methyl sites for hydroxylation is 3. The molecule has 0 radical (unpaired) electrons. The Kier molecular flexibility index (Phi) is 7.46. The van der Waals surface area contributed by atoms with Gasteiger partial charge in [0.2, 0.25) is 0 Å². The van der Waals surface area contributed by atoms with Crippen molar-refractivity contribution in [1.82, 2.24) is 9.88 Å². The van der Waals surface area contributed by atoms with Crippen LogP contribution in [0.3, 0.4) is 0 Å². The van der Waals surface area contributed by atoms with Gasteiger partial charge in [-0.3, -0.25) is 14.2 Å². The SMILES string of the molecule is COCCCNC(=O)C(C#N)=c1sc(=Cc2ccc(C)o2)c(=O)n1-c1ccc(C)cc1C. The van der Waals surface area contributed by atoms with Crippen molar-refractivity contribution in [3.8, 4) is 11.8 Å². The summed E-state index contributed by atoms with van der Waals surface area (Å²) in [5.41, 5.74) is 2.12. The second kappa shape index (κ2) is 10.3. The first-order chi connectivity index (χ1) is 15.3. The zero-order chi connectivity index (χ0) is 23.3. The van der Waals surface area contributed by atoms with Crippen LogP contribution in [0.5, 0.6) is 0 Å². The number of ether oxygens (including phenoxy) is 1. The van der Waals surface area contributed by atoms with E-state index in [2.05, 4.69) is 5.32 Å². The minimum Gasteiger partial charge on any atom is -0.462 e. The molecule has 3 rings (SSSR count). The molecule has 0 atom stereocenters. The molecular weight excluding hydrogens is 426 g/mol. The first kappa shape index (κ1) is 23.3. The van der Waals surface area contributed by atoms with Gasteiger partial charge in [-0.15, -0.1) is 11.3 Å². The molecule has 8 heteroatoms. The number of benzene rings is 1. The van der Waals surface area contributed by atoms with E-state index >= 15 is 0 Å². The molecule has 0 bridgehead atoms. The summed E-state index contributed by atoms with van der Waals surface area (Å²) in [6.45, 7) is 6.54. The molecule has 0 fully saturated rings. The van der Waals surface area contributed by atoms with Crippen molar-refractivity contribution in [1.29, 1.82) is 5.26 Å². The number of furan rings is 1. The number of nitriles is 1. The lowest BCUT2D eigenvalue weighted by atomic mass is 10.1. The average molecular weight is 452 g/mol. The minimum atomic E-state index is -0.524. The summed E-state index contributed by atoms with van der Waals surface area (Å²) in [4.78, 5) is 26.2. The van der Waals surface area contributed by atoms with Gasteiger partial charge in [-0.1, -0.05) is 17.7 Å². The van der Waals surface area contributed by atoms with Gasteiger partial charge in [0.05, 0.1) is 10.2 Å². The molecule has 3 aromatic rings. The van der Waals surface area contributed by atoms with E-state index in [1.807, 2.05) is 51.1 Å². The fraction of sp³-hybridized carbons (Fsp3) is 0.292. The van der Waals surface area contributed by atoms with Gasteiger partial charge in [0, 0.05) is 26.3 Å². The van der Waals surface area contributed by atoms with Crippen LogP contribution < -0.4 is 20.1 Å². The Bertz CT molecular complexity index is 1360. The van der Waals surface area contributed by atoms with Crippen LogP contribution in [0, 0.1) is 32.1 Å². The lowest BCUT2D eigenvalue weighted by Gasteiger charge is -2.09. The molecule has 1 amide bonds. The molecule has 1 aromatic carbocycles. The Morgan fingerprint density at radius 3 is 2.69 bits per heavy atom. The zero-order valence-corrected chi connectivity index (χ0v) is 19.3. The first-order valence-corrected chi connectivity index (χ1v) is 11.0. The van der Waals surface area contributed by atoms with Crippen LogP contribution in [-0.2, 0) is 9.53 Å². The van der Waals surface area contributed by atoms with Crippen LogP contribution in [-0.4, -0.2) is 30.7 Å². The van der Waals surface area contributed by atoms with Crippen LogP contribution in [0.4, 0.5) is 0 Å². The van der Waals surface area contributed by atoms with E-state index in [1.165, 1.54) is 4.57 Å². The van der Waals surface area contributed by atoms with Crippen molar-refractivity contribution >= 4 is 28.9 Å². The molecule has 32 heavy (non-hydrogen) atoms. The number of carbonyl (C=O) groups excluding carboxylic acids is 1. The molecular formula is C24H25N3O4S. The van der Waals surface area contributed by atoms with Crippen LogP contribution in [0.25, 0.3) is 17.3 Å². The van der Waals surface area contributed by atoms with Crippen LogP contribution in [0.1, 0.15) is 29.1 Å². The fourth-order valence-corrected chi connectivity index (χ4v) is 4.36. The van der Waals surface area contributed by atoms with Crippen molar-refractivity contribution < 1.29 is 13.9 Å². The van der Waals surface area contributed by atoms with E-state index in [1.54, 1.807) is 19.3 Å². The Balaban J connectivity index is 2.26. The molecule has 166 valence electrons. The molecule has 0 aliphatic heterocycles. The number of methoxy groups -OCH3 is 1. The van der Waals surface area contributed by atoms with E-state index in [9.17, 15) is 14.9 Å². The molecule has 0 unspecified atom stereocenters. The van der Waals surface area contributed by atoms with E-state index < -0.39 is 5.91 Å². The van der Waals surface area contributed by atoms with Gasteiger partial charge in [-0.05, 0) is 51.0 Å². The van der Waals surface area contributed by atoms with Gasteiger partial charge >= 0.3 is 0 Å². The van der Waals surface area contributed by atoms with Crippen LogP contribution in [0.15, 0.2) is 39.5 Å². The monoisotopic (exact) mass is 451 g/mol. The lowest BCUT2D eigenvalue weighted by molar-refractivity contribution is -0.115. The number of hydrogen-bond donors (Lipinski definition) is 1. The summed E-state index contributed by atoms with van der Waals surface area (Å²) in [6.07, 6.45) is 2.25. The predicted octanol–water partition coefficient (Wildman–Crippen LogP) is 2.07. The summed E-state index contributed by atoms with van der Waals surface area (Å²) in [5, 5.41) is 12.6. The van der Waals surface area contributed by atoms with Crippen molar-refractivity contribution in [2.75, 3.05) is 20.3 Å². The summed E-state index contributed by atoms with van der Waals surface area (Å²) in [6, 6.07) is 11.3. The van der Waals surface area contributed by atoms with E-state index in [4.69, 9.17) is 9.15 Å². The molecule has 0 aliphatic carbocycles. The van der Waals surface area contributed by atoms with Crippen molar-refractivity contribution in [3.63, 3.8) is 0 Å². The molecule has 2 aromatic heterocycles. The van der Waals surface area contributed by atoms with Crippen molar-refractivity contribution in [3.05, 3.63) is 72.5 Å². The van der Waals surface area contributed by atoms with Crippen LogP contribution in [0.2, 0.25) is 0 Å². The summed E-state index contributed by atoms with van der Waals surface area (Å²) < 4.78 is 12.7. The van der Waals surface area contributed by atoms with E-state index in [0.717, 1.165) is 28.2 Å². The van der Waals surface area contributed by atoms with Gasteiger partial charge in [0.1, 0.15) is 22.3 Å². The maximum atomic E-state index is 13.4. The van der Waals surface area contributed by atoms with Gasteiger partial charge in [0.15, 0.2) is 5.57 Å². The van der Waals surface area contributed by atoms with Crippen LogP contribution >= 0.6 is 11.3 Å². The second-order valence-electron chi connectivity index (χ2n) is 7.38. The Labute approximate surface area is 189 Å². The Hall–Kier alpha value is -3.41. The quantitative estimate of drug-likeness (QED) is 0.555. The third kappa shape index (κ3) is 5.07. The molecule has 0 saturated carbocycles. The fourth-order valence-electron chi connectivity index (χ4n) is 3.29. The lowest BCUT2D eigenvalue weighted by Crippen LogP contribution is -2.34. The molecule has 7 nitrogen and oxygen atoms in total. The summed E-state index contributed by atoms with van der Waals surface area (Å²) in [5.74, 6) is 0.730. The molecule has 1 N–H and O–H groups in total. The van der Waals surface area contributed by atoms with Gasteiger partial charge < -0.3 is 14.5 Å². The number of hydrogen-bond acceptors (Lipinski definition) is 6. The van der Waals surface area contributed by atoms with Gasteiger partial charge in [0.25, 0.3) is 11.5 Å². The number of rotatable bonds is 7. The summed E-state index contributed by atoms with van der Waals surface area (Å²) >= 11 is 1.09. The van der Waals surface area contributed by atoms with Gasteiger partial charge in [-0.25, -0.2) is 0 Å². The highest BCUT2D eigenvalue weighted by Gasteiger charge is 2.18. The van der Waals surface area contributed by atoms with Crippen molar-refractivity contribution in [2.45, 2.75) is 27.2 Å². The second-order valence-corrected chi connectivity index (χ2v) is 8.41. The Morgan fingerprint density at radius 2 is 2.06 bits per heavy atom.